The molecule has 3 rings (SSSR count). The first kappa shape index (κ1) is 18.0. The van der Waals surface area contributed by atoms with Crippen molar-refractivity contribution >= 4 is 21.7 Å². The molecular formula is C17H16FNO6S. The standard InChI is InChI=1S/C17H16FNO6S/c1-2-23-17(20)10-19(13-5-8-15-16(9-13)25-11-24-15)26(21,22)14-6-3-12(18)4-7-14/h3-9H,2,10-11H2,1H3. The van der Waals surface area contributed by atoms with Gasteiger partial charge < -0.3 is 14.2 Å². The average molecular weight is 381 g/mol. The van der Waals surface area contributed by atoms with Crippen molar-refractivity contribution in [2.24, 2.45) is 0 Å². The summed E-state index contributed by atoms with van der Waals surface area (Å²) < 4.78 is 55.4. The smallest absolute Gasteiger partial charge is 0.326 e. The van der Waals surface area contributed by atoms with Crippen molar-refractivity contribution in [2.75, 3.05) is 24.2 Å². The molecule has 0 aromatic heterocycles. The van der Waals surface area contributed by atoms with E-state index in [-0.39, 0.29) is 24.0 Å². The van der Waals surface area contributed by atoms with Gasteiger partial charge in [-0.25, -0.2) is 12.8 Å². The van der Waals surface area contributed by atoms with Gasteiger partial charge in [0.1, 0.15) is 12.4 Å². The molecular weight excluding hydrogens is 365 g/mol. The van der Waals surface area contributed by atoms with Gasteiger partial charge in [-0.3, -0.25) is 9.10 Å². The minimum Gasteiger partial charge on any atom is -0.465 e. The molecule has 2 aromatic carbocycles. The van der Waals surface area contributed by atoms with E-state index in [4.69, 9.17) is 14.2 Å². The quantitative estimate of drug-likeness (QED) is 0.714. The van der Waals surface area contributed by atoms with Crippen molar-refractivity contribution < 1.29 is 31.8 Å². The predicted molar refractivity (Wildman–Crippen MR) is 90.1 cm³/mol. The molecule has 0 amide bonds. The molecule has 0 bridgehead atoms. The molecule has 0 unspecified atom stereocenters. The summed E-state index contributed by atoms with van der Waals surface area (Å²) in [6.45, 7) is 1.23. The van der Waals surface area contributed by atoms with Gasteiger partial charge in [0.05, 0.1) is 17.2 Å². The zero-order chi connectivity index (χ0) is 18.7. The molecule has 138 valence electrons. The summed E-state index contributed by atoms with van der Waals surface area (Å²) in [7, 11) is -4.13. The summed E-state index contributed by atoms with van der Waals surface area (Å²) in [4.78, 5) is 11.8. The molecule has 7 nitrogen and oxygen atoms in total. The summed E-state index contributed by atoms with van der Waals surface area (Å²) in [5.74, 6) is -0.436. The molecule has 1 aliphatic rings. The topological polar surface area (TPSA) is 82.1 Å². The molecule has 2 aromatic rings. The van der Waals surface area contributed by atoms with Crippen LogP contribution in [0.25, 0.3) is 0 Å². The minimum atomic E-state index is -4.13. The third-order valence-corrected chi connectivity index (χ3v) is 5.41. The normalized spacial score (nSPS) is 12.7. The second-order valence-corrected chi connectivity index (χ2v) is 7.17. The summed E-state index contributed by atoms with van der Waals surface area (Å²) in [5.41, 5.74) is 0.201. The first-order chi connectivity index (χ1) is 12.4. The fourth-order valence-electron chi connectivity index (χ4n) is 2.41. The van der Waals surface area contributed by atoms with Crippen molar-refractivity contribution in [2.45, 2.75) is 11.8 Å². The fourth-order valence-corrected chi connectivity index (χ4v) is 3.81. The maximum Gasteiger partial charge on any atom is 0.326 e. The molecule has 0 radical (unpaired) electrons. The van der Waals surface area contributed by atoms with Gasteiger partial charge in [0.25, 0.3) is 10.0 Å². The Labute approximate surface area is 149 Å². The van der Waals surface area contributed by atoms with Crippen LogP contribution in [0.15, 0.2) is 47.4 Å². The first-order valence-corrected chi connectivity index (χ1v) is 9.19. The Balaban J connectivity index is 2.02. The second kappa shape index (κ2) is 7.20. The number of nitrogens with zero attached hydrogens (tertiary/aromatic N) is 1. The van der Waals surface area contributed by atoms with Crippen LogP contribution in [-0.2, 0) is 19.6 Å². The Hall–Kier alpha value is -2.81. The van der Waals surface area contributed by atoms with Crippen LogP contribution < -0.4 is 13.8 Å². The number of hydrogen-bond donors (Lipinski definition) is 0. The number of fused-ring (bicyclic) bond motifs is 1. The van der Waals surface area contributed by atoms with E-state index in [1.165, 1.54) is 12.1 Å². The largest absolute Gasteiger partial charge is 0.465 e. The Morgan fingerprint density at radius 3 is 2.54 bits per heavy atom. The zero-order valence-electron chi connectivity index (χ0n) is 13.8. The van der Waals surface area contributed by atoms with Crippen molar-refractivity contribution in [1.29, 1.82) is 0 Å². The van der Waals surface area contributed by atoms with Crippen LogP contribution in [0, 0.1) is 5.82 Å². The highest BCUT2D eigenvalue weighted by Gasteiger charge is 2.29. The highest BCUT2D eigenvalue weighted by molar-refractivity contribution is 7.92. The van der Waals surface area contributed by atoms with Crippen LogP contribution in [-0.4, -0.2) is 34.3 Å². The average Bonchev–Trinajstić information content (AvgIpc) is 3.08. The maximum atomic E-state index is 13.1. The van der Waals surface area contributed by atoms with Gasteiger partial charge in [0, 0.05) is 6.07 Å². The lowest BCUT2D eigenvalue weighted by molar-refractivity contribution is -0.141. The Bertz CT molecular complexity index is 913. The van der Waals surface area contributed by atoms with E-state index in [0.29, 0.717) is 11.5 Å². The lowest BCUT2D eigenvalue weighted by Crippen LogP contribution is -2.36. The molecule has 0 spiro atoms. The van der Waals surface area contributed by atoms with E-state index in [0.717, 1.165) is 28.6 Å². The molecule has 0 saturated heterocycles. The predicted octanol–water partition coefficient (Wildman–Crippen LogP) is 2.31. The van der Waals surface area contributed by atoms with E-state index in [1.807, 2.05) is 0 Å². The Morgan fingerprint density at radius 2 is 1.85 bits per heavy atom. The highest BCUT2D eigenvalue weighted by Crippen LogP contribution is 2.37. The number of benzene rings is 2. The van der Waals surface area contributed by atoms with Gasteiger partial charge in [0.15, 0.2) is 11.5 Å². The lowest BCUT2D eigenvalue weighted by atomic mass is 10.3. The van der Waals surface area contributed by atoms with Crippen LogP contribution in [0.5, 0.6) is 11.5 Å². The molecule has 0 aliphatic carbocycles. The van der Waals surface area contributed by atoms with E-state index in [1.54, 1.807) is 13.0 Å². The molecule has 0 N–H and O–H groups in total. The third-order valence-electron chi connectivity index (χ3n) is 3.62. The van der Waals surface area contributed by atoms with Crippen molar-refractivity contribution in [3.05, 3.63) is 48.3 Å². The molecule has 0 saturated carbocycles. The van der Waals surface area contributed by atoms with Crippen molar-refractivity contribution in [3.8, 4) is 11.5 Å². The van der Waals surface area contributed by atoms with Gasteiger partial charge in [-0.15, -0.1) is 0 Å². The van der Waals surface area contributed by atoms with Gasteiger partial charge in [-0.1, -0.05) is 0 Å². The minimum absolute atomic E-state index is 0.0291. The molecule has 0 atom stereocenters. The van der Waals surface area contributed by atoms with Gasteiger partial charge in [-0.05, 0) is 43.3 Å². The van der Waals surface area contributed by atoms with E-state index >= 15 is 0 Å². The van der Waals surface area contributed by atoms with Crippen LogP contribution in [0.1, 0.15) is 6.92 Å². The number of esters is 1. The maximum absolute atomic E-state index is 13.1. The van der Waals surface area contributed by atoms with E-state index in [2.05, 4.69) is 0 Å². The van der Waals surface area contributed by atoms with Crippen LogP contribution >= 0.6 is 0 Å². The number of carbonyl (C=O) groups excluding carboxylic acids is 1. The van der Waals surface area contributed by atoms with Gasteiger partial charge in [0.2, 0.25) is 6.79 Å². The number of sulfonamides is 1. The van der Waals surface area contributed by atoms with E-state index in [9.17, 15) is 17.6 Å². The zero-order valence-corrected chi connectivity index (χ0v) is 14.7. The number of hydrogen-bond acceptors (Lipinski definition) is 6. The van der Waals surface area contributed by atoms with Crippen molar-refractivity contribution in [1.82, 2.24) is 0 Å². The summed E-state index contributed by atoms with van der Waals surface area (Å²) in [6, 6.07) is 8.85. The monoisotopic (exact) mass is 381 g/mol. The summed E-state index contributed by atoms with van der Waals surface area (Å²) >= 11 is 0. The molecule has 0 fully saturated rings. The van der Waals surface area contributed by atoms with Crippen LogP contribution in [0.2, 0.25) is 0 Å². The fraction of sp³-hybridized carbons (Fsp3) is 0.235. The van der Waals surface area contributed by atoms with E-state index < -0.39 is 28.4 Å². The SMILES string of the molecule is CCOC(=O)CN(c1ccc2c(c1)OCO2)S(=O)(=O)c1ccc(F)cc1. The van der Waals surface area contributed by atoms with Crippen LogP contribution in [0.4, 0.5) is 10.1 Å². The number of rotatable bonds is 6. The molecule has 9 heteroatoms. The first-order valence-electron chi connectivity index (χ1n) is 7.75. The molecule has 1 heterocycles. The lowest BCUT2D eigenvalue weighted by Gasteiger charge is -2.23. The number of anilines is 1. The third kappa shape index (κ3) is 3.57. The highest BCUT2D eigenvalue weighted by atomic mass is 32.2. The summed E-state index contributed by atoms with van der Waals surface area (Å²) in [6.07, 6.45) is 0. The van der Waals surface area contributed by atoms with Crippen LogP contribution in [0.3, 0.4) is 0 Å². The Morgan fingerprint density at radius 1 is 1.15 bits per heavy atom. The number of halogens is 1. The second-order valence-electron chi connectivity index (χ2n) is 5.31. The van der Waals surface area contributed by atoms with Gasteiger partial charge >= 0.3 is 5.97 Å². The molecule has 26 heavy (non-hydrogen) atoms. The molecule has 1 aliphatic heterocycles. The number of ether oxygens (including phenoxy) is 3. The number of carbonyl (C=O) groups is 1. The summed E-state index contributed by atoms with van der Waals surface area (Å²) in [5, 5.41) is 0. The Kier molecular flexibility index (Phi) is 4.99. The van der Waals surface area contributed by atoms with Crippen molar-refractivity contribution in [3.63, 3.8) is 0 Å². The van der Waals surface area contributed by atoms with Gasteiger partial charge in [-0.2, -0.15) is 0 Å².